The predicted molar refractivity (Wildman–Crippen MR) is 144 cm³/mol. The second-order valence-electron chi connectivity index (χ2n) is 10.3. The minimum atomic E-state index is -3.42. The highest BCUT2D eigenvalue weighted by Crippen LogP contribution is 2.27. The Labute approximate surface area is 212 Å². The zero-order valence-corrected chi connectivity index (χ0v) is 22.2. The number of sulfone groups is 1. The summed E-state index contributed by atoms with van der Waals surface area (Å²) in [5.41, 5.74) is 2.67. The third kappa shape index (κ3) is 6.41. The third-order valence-electron chi connectivity index (χ3n) is 5.39. The SMILES string of the molecule is CN(C)CCOc1ccc(Nc2nc3cccc(-c4cccc(S(=O)(=O)CC(C)(C)C)c4)n3n2)cc1. The summed E-state index contributed by atoms with van der Waals surface area (Å²) in [7, 11) is 0.597. The molecule has 36 heavy (non-hydrogen) atoms. The fourth-order valence-electron chi connectivity index (χ4n) is 3.79. The normalized spacial score (nSPS) is 12.3. The molecule has 0 bridgehead atoms. The second kappa shape index (κ2) is 10.3. The molecule has 2 aromatic carbocycles. The molecule has 0 unspecified atom stereocenters. The van der Waals surface area contributed by atoms with Crippen LogP contribution in [0.2, 0.25) is 0 Å². The standard InChI is InChI=1S/C27H33N5O3S/c1-27(2,3)19-36(33,34)23-9-6-8-20(18-23)24-10-7-11-25-29-26(30-32(24)25)28-21-12-14-22(15-13-21)35-17-16-31(4)5/h6-15,18H,16-17,19H2,1-5H3,(H,28,30). The summed E-state index contributed by atoms with van der Waals surface area (Å²) in [4.78, 5) is 6.96. The zero-order valence-electron chi connectivity index (χ0n) is 21.4. The monoisotopic (exact) mass is 507 g/mol. The van der Waals surface area contributed by atoms with Gasteiger partial charge in [0.15, 0.2) is 15.5 Å². The molecule has 0 amide bonds. The summed E-state index contributed by atoms with van der Waals surface area (Å²) in [6.45, 7) is 7.23. The second-order valence-corrected chi connectivity index (χ2v) is 12.3. The summed E-state index contributed by atoms with van der Waals surface area (Å²) >= 11 is 0. The van der Waals surface area contributed by atoms with E-state index in [0.717, 1.165) is 29.2 Å². The number of hydrogen-bond acceptors (Lipinski definition) is 7. The fraction of sp³-hybridized carbons (Fsp3) is 0.333. The van der Waals surface area contributed by atoms with Gasteiger partial charge in [-0.2, -0.15) is 4.98 Å². The average molecular weight is 508 g/mol. The van der Waals surface area contributed by atoms with E-state index in [1.807, 2.05) is 83.4 Å². The Hall–Kier alpha value is -3.43. The number of nitrogens with one attached hydrogen (secondary N) is 1. The van der Waals surface area contributed by atoms with E-state index < -0.39 is 9.84 Å². The molecule has 0 aliphatic carbocycles. The van der Waals surface area contributed by atoms with Crippen LogP contribution in [0.4, 0.5) is 11.6 Å². The van der Waals surface area contributed by atoms with E-state index in [2.05, 4.69) is 20.3 Å². The Bertz CT molecular complexity index is 1440. The largest absolute Gasteiger partial charge is 0.492 e. The number of pyridine rings is 1. The van der Waals surface area contributed by atoms with E-state index in [9.17, 15) is 8.42 Å². The maximum absolute atomic E-state index is 13.0. The first-order valence-corrected chi connectivity index (χ1v) is 13.5. The molecular formula is C27H33N5O3S. The quantitative estimate of drug-likeness (QED) is 0.345. The molecule has 1 N–H and O–H groups in total. The summed E-state index contributed by atoms with van der Waals surface area (Å²) < 4.78 is 33.4. The number of rotatable bonds is 9. The molecule has 0 fully saturated rings. The number of aromatic nitrogens is 3. The van der Waals surface area contributed by atoms with Crippen molar-refractivity contribution in [3.8, 4) is 17.0 Å². The molecular weight excluding hydrogens is 474 g/mol. The number of hydrogen-bond donors (Lipinski definition) is 1. The number of nitrogens with zero attached hydrogens (tertiary/aromatic N) is 4. The van der Waals surface area contributed by atoms with Gasteiger partial charge in [-0.15, -0.1) is 5.10 Å². The first-order chi connectivity index (χ1) is 17.0. The third-order valence-corrected chi connectivity index (χ3v) is 7.61. The lowest BCUT2D eigenvalue weighted by Crippen LogP contribution is -2.20. The van der Waals surface area contributed by atoms with Crippen molar-refractivity contribution in [2.24, 2.45) is 5.41 Å². The summed E-state index contributed by atoms with van der Waals surface area (Å²) in [5, 5.41) is 7.87. The van der Waals surface area contributed by atoms with Gasteiger partial charge < -0.3 is 15.0 Å². The van der Waals surface area contributed by atoms with Gasteiger partial charge in [0.25, 0.3) is 0 Å². The topological polar surface area (TPSA) is 88.8 Å². The van der Waals surface area contributed by atoms with Crippen molar-refractivity contribution in [3.05, 3.63) is 66.7 Å². The van der Waals surface area contributed by atoms with Gasteiger partial charge in [-0.3, -0.25) is 0 Å². The molecule has 4 aromatic rings. The first-order valence-electron chi connectivity index (χ1n) is 11.8. The van der Waals surface area contributed by atoms with Crippen molar-refractivity contribution in [2.45, 2.75) is 25.7 Å². The minimum Gasteiger partial charge on any atom is -0.492 e. The molecule has 0 spiro atoms. The number of ether oxygens (including phenoxy) is 1. The zero-order chi connectivity index (χ0) is 25.9. The molecule has 0 radical (unpaired) electrons. The Morgan fingerprint density at radius 2 is 1.72 bits per heavy atom. The maximum atomic E-state index is 13.0. The highest BCUT2D eigenvalue weighted by Gasteiger charge is 2.24. The molecule has 0 aliphatic rings. The molecule has 0 saturated heterocycles. The Morgan fingerprint density at radius 1 is 1.00 bits per heavy atom. The number of likely N-dealkylation sites (N-methyl/N-ethyl adjacent to an activating group) is 1. The molecule has 2 heterocycles. The van der Waals surface area contributed by atoms with E-state index in [1.54, 1.807) is 22.7 Å². The van der Waals surface area contributed by atoms with E-state index in [4.69, 9.17) is 4.74 Å². The molecule has 0 aliphatic heterocycles. The van der Waals surface area contributed by atoms with Crippen molar-refractivity contribution in [1.82, 2.24) is 19.5 Å². The minimum absolute atomic E-state index is 0.0739. The van der Waals surface area contributed by atoms with Crippen molar-refractivity contribution in [3.63, 3.8) is 0 Å². The summed E-state index contributed by atoms with van der Waals surface area (Å²) in [6.07, 6.45) is 0. The number of anilines is 2. The average Bonchev–Trinajstić information content (AvgIpc) is 3.21. The van der Waals surface area contributed by atoms with Gasteiger partial charge in [0.2, 0.25) is 5.95 Å². The van der Waals surface area contributed by atoms with Crippen LogP contribution in [0.3, 0.4) is 0 Å². The molecule has 0 saturated carbocycles. The molecule has 8 nitrogen and oxygen atoms in total. The molecule has 4 rings (SSSR count). The Balaban J connectivity index is 1.57. The molecule has 9 heteroatoms. The Kier molecular flexibility index (Phi) is 7.33. The molecule has 0 atom stereocenters. The van der Waals surface area contributed by atoms with Crippen LogP contribution in [0.1, 0.15) is 20.8 Å². The van der Waals surface area contributed by atoms with Crippen molar-refractivity contribution in [2.75, 3.05) is 38.3 Å². The van der Waals surface area contributed by atoms with Gasteiger partial charge in [-0.25, -0.2) is 12.9 Å². The van der Waals surface area contributed by atoms with Crippen LogP contribution in [0.25, 0.3) is 16.9 Å². The summed E-state index contributed by atoms with van der Waals surface area (Å²) in [5.74, 6) is 1.32. The Morgan fingerprint density at radius 3 is 2.42 bits per heavy atom. The molecule has 2 aromatic heterocycles. The van der Waals surface area contributed by atoms with Gasteiger partial charge in [-0.05, 0) is 68.0 Å². The van der Waals surface area contributed by atoms with E-state index in [0.29, 0.717) is 23.1 Å². The van der Waals surface area contributed by atoms with Crippen LogP contribution in [-0.2, 0) is 9.84 Å². The van der Waals surface area contributed by atoms with Gasteiger partial charge in [0.05, 0.1) is 16.3 Å². The van der Waals surface area contributed by atoms with Crippen LogP contribution in [0.15, 0.2) is 71.6 Å². The van der Waals surface area contributed by atoms with Gasteiger partial charge in [0, 0.05) is 17.8 Å². The van der Waals surface area contributed by atoms with Crippen LogP contribution < -0.4 is 10.1 Å². The predicted octanol–water partition coefficient (Wildman–Crippen LogP) is 4.90. The van der Waals surface area contributed by atoms with Crippen molar-refractivity contribution in [1.29, 1.82) is 0 Å². The highest BCUT2D eigenvalue weighted by atomic mass is 32.2. The maximum Gasteiger partial charge on any atom is 0.247 e. The van der Waals surface area contributed by atoms with Crippen LogP contribution >= 0.6 is 0 Å². The number of fused-ring (bicyclic) bond motifs is 1. The van der Waals surface area contributed by atoms with Crippen LogP contribution in [0, 0.1) is 5.41 Å². The van der Waals surface area contributed by atoms with Crippen molar-refractivity contribution < 1.29 is 13.2 Å². The fourth-order valence-corrected chi connectivity index (χ4v) is 5.69. The van der Waals surface area contributed by atoms with E-state index >= 15 is 0 Å². The molecule has 190 valence electrons. The van der Waals surface area contributed by atoms with Gasteiger partial charge in [0.1, 0.15) is 12.4 Å². The van der Waals surface area contributed by atoms with E-state index in [1.165, 1.54) is 0 Å². The summed E-state index contributed by atoms with van der Waals surface area (Å²) in [6, 6.07) is 20.3. The lowest BCUT2D eigenvalue weighted by Gasteiger charge is -2.18. The number of benzene rings is 2. The first kappa shape index (κ1) is 25.7. The lowest BCUT2D eigenvalue weighted by molar-refractivity contribution is 0.261. The van der Waals surface area contributed by atoms with Gasteiger partial charge in [-0.1, -0.05) is 39.0 Å². The van der Waals surface area contributed by atoms with Gasteiger partial charge >= 0.3 is 0 Å². The van der Waals surface area contributed by atoms with Crippen LogP contribution in [0.5, 0.6) is 5.75 Å². The highest BCUT2D eigenvalue weighted by molar-refractivity contribution is 7.91. The van der Waals surface area contributed by atoms with Crippen molar-refractivity contribution >= 4 is 27.1 Å². The van der Waals surface area contributed by atoms with Crippen LogP contribution in [-0.4, -0.2) is 60.9 Å². The van der Waals surface area contributed by atoms with E-state index in [-0.39, 0.29) is 11.2 Å². The smallest absolute Gasteiger partial charge is 0.247 e. The lowest BCUT2D eigenvalue weighted by atomic mass is 10.0.